The van der Waals surface area contributed by atoms with Crippen LogP contribution in [-0.2, 0) is 10.0 Å². The average Bonchev–Trinajstić information content (AvgIpc) is 3.35. The van der Waals surface area contributed by atoms with Crippen LogP contribution < -0.4 is 14.9 Å². The third-order valence-electron chi connectivity index (χ3n) is 6.93. The van der Waals surface area contributed by atoms with Gasteiger partial charge in [-0.05, 0) is 105 Å². The second kappa shape index (κ2) is 9.89. The van der Waals surface area contributed by atoms with E-state index in [9.17, 15) is 8.42 Å². The van der Waals surface area contributed by atoms with E-state index in [1.165, 1.54) is 5.56 Å². The lowest BCUT2D eigenvalue weighted by molar-refractivity contribution is 0.565. The monoisotopic (exact) mass is 545 g/mol. The molecular formula is C29H31N5O2S2. The van der Waals surface area contributed by atoms with Crippen LogP contribution >= 0.6 is 12.2 Å². The number of rotatable bonds is 6. The molecule has 1 saturated heterocycles. The number of pyridine rings is 1. The van der Waals surface area contributed by atoms with E-state index in [2.05, 4.69) is 75.6 Å². The molecule has 0 spiro atoms. The van der Waals surface area contributed by atoms with Crippen molar-refractivity contribution in [3.63, 3.8) is 0 Å². The van der Waals surface area contributed by atoms with E-state index in [0.29, 0.717) is 10.8 Å². The van der Waals surface area contributed by atoms with Crippen molar-refractivity contribution in [1.82, 2.24) is 14.9 Å². The smallest absolute Gasteiger partial charge is 0.229 e. The number of aromatic nitrogens is 2. The number of hydrogen-bond donors (Lipinski definition) is 2. The van der Waals surface area contributed by atoms with Crippen LogP contribution in [0.3, 0.4) is 0 Å². The molecule has 2 aromatic carbocycles. The number of benzene rings is 2. The van der Waals surface area contributed by atoms with Crippen LogP contribution in [-0.4, -0.2) is 29.3 Å². The van der Waals surface area contributed by atoms with Crippen LogP contribution in [0.2, 0.25) is 0 Å². The van der Waals surface area contributed by atoms with Gasteiger partial charge < -0.3 is 14.8 Å². The second-order valence-corrected chi connectivity index (χ2v) is 12.0. The van der Waals surface area contributed by atoms with Gasteiger partial charge in [-0.1, -0.05) is 18.2 Å². The summed E-state index contributed by atoms with van der Waals surface area (Å²) in [7, 11) is -3.39. The predicted octanol–water partition coefficient (Wildman–Crippen LogP) is 5.65. The van der Waals surface area contributed by atoms with Crippen LogP contribution in [0.5, 0.6) is 0 Å². The number of nitrogens with zero attached hydrogens (tertiary/aromatic N) is 3. The molecule has 1 fully saturated rings. The summed E-state index contributed by atoms with van der Waals surface area (Å²) in [5, 5.41) is 4.11. The van der Waals surface area contributed by atoms with E-state index in [1.54, 1.807) is 12.3 Å². The van der Waals surface area contributed by atoms with Gasteiger partial charge in [-0.3, -0.25) is 9.71 Å². The summed E-state index contributed by atoms with van der Waals surface area (Å²) in [4.78, 5) is 6.79. The van der Waals surface area contributed by atoms with Crippen molar-refractivity contribution in [1.29, 1.82) is 0 Å². The molecule has 0 aliphatic carbocycles. The summed E-state index contributed by atoms with van der Waals surface area (Å²) < 4.78 is 28.5. The largest absolute Gasteiger partial charge is 0.351 e. The van der Waals surface area contributed by atoms with E-state index >= 15 is 0 Å². The SMILES string of the molecule is Cc1cccc(-n2c(C)cc([C@H]3[C@@H](c4ccccn4)NC(=S)N3c3ccc(NS(C)(=O)=O)c(C)c3)c2C)c1. The van der Waals surface area contributed by atoms with Gasteiger partial charge in [-0.25, -0.2) is 8.42 Å². The fourth-order valence-corrected chi connectivity index (χ4v) is 6.29. The molecule has 0 radical (unpaired) electrons. The van der Waals surface area contributed by atoms with Crippen molar-refractivity contribution in [3.05, 3.63) is 107 Å². The van der Waals surface area contributed by atoms with Crippen LogP contribution in [0.25, 0.3) is 5.69 Å². The minimum absolute atomic E-state index is 0.171. The molecule has 2 N–H and O–H groups in total. The summed E-state index contributed by atoms with van der Waals surface area (Å²) in [6.45, 7) is 8.25. The second-order valence-electron chi connectivity index (χ2n) is 9.87. The first-order valence-corrected chi connectivity index (χ1v) is 14.7. The maximum atomic E-state index is 11.8. The Balaban J connectivity index is 1.65. The van der Waals surface area contributed by atoms with Gasteiger partial charge in [0.2, 0.25) is 10.0 Å². The summed E-state index contributed by atoms with van der Waals surface area (Å²) in [5.41, 5.74) is 8.85. The third kappa shape index (κ3) is 4.91. The number of anilines is 2. The zero-order valence-electron chi connectivity index (χ0n) is 22.1. The molecule has 9 heteroatoms. The molecule has 3 heterocycles. The lowest BCUT2D eigenvalue weighted by Gasteiger charge is -2.29. The van der Waals surface area contributed by atoms with E-state index in [4.69, 9.17) is 12.2 Å². The van der Waals surface area contributed by atoms with Crippen LogP contribution in [0.15, 0.2) is 72.9 Å². The van der Waals surface area contributed by atoms with E-state index in [0.717, 1.165) is 45.8 Å². The van der Waals surface area contributed by atoms with E-state index in [1.807, 2.05) is 37.3 Å². The number of thiocarbonyl (C=S) groups is 1. The van der Waals surface area contributed by atoms with Gasteiger partial charge in [0.15, 0.2) is 5.11 Å². The number of hydrogen-bond acceptors (Lipinski definition) is 4. The standard InChI is InChI=1S/C29H31N5O2S2/c1-18-9-8-10-22(15-18)33-20(3)17-24(21(33)4)28-27(26-11-6-7-14-30-26)31-29(37)34(28)23-12-13-25(19(2)16-23)32-38(5,35)36/h6-17,27-28,32H,1-5H3,(H,31,37)/t27-,28+/m1/s1. The third-order valence-corrected chi connectivity index (χ3v) is 7.84. The molecular weight excluding hydrogens is 514 g/mol. The highest BCUT2D eigenvalue weighted by Crippen LogP contribution is 2.44. The van der Waals surface area contributed by atoms with Crippen molar-refractivity contribution >= 4 is 38.7 Å². The molecule has 5 rings (SSSR count). The predicted molar refractivity (Wildman–Crippen MR) is 158 cm³/mol. The first-order chi connectivity index (χ1) is 18.0. The van der Waals surface area contributed by atoms with Gasteiger partial charge in [0.05, 0.1) is 29.7 Å². The lowest BCUT2D eigenvalue weighted by Crippen LogP contribution is -2.29. The molecule has 38 heavy (non-hydrogen) atoms. The van der Waals surface area contributed by atoms with Gasteiger partial charge >= 0.3 is 0 Å². The fraction of sp³-hybridized carbons (Fsp3) is 0.241. The van der Waals surface area contributed by atoms with E-state index in [-0.39, 0.29) is 12.1 Å². The van der Waals surface area contributed by atoms with Gasteiger partial charge in [0, 0.05) is 29.0 Å². The number of sulfonamides is 1. The Labute approximate surface area is 229 Å². The molecule has 7 nitrogen and oxygen atoms in total. The maximum absolute atomic E-state index is 11.8. The Morgan fingerprint density at radius 2 is 1.74 bits per heavy atom. The quantitative estimate of drug-likeness (QED) is 0.305. The number of aryl methyl sites for hydroxylation is 3. The highest BCUT2D eigenvalue weighted by atomic mass is 32.2. The summed E-state index contributed by atoms with van der Waals surface area (Å²) in [6.07, 6.45) is 2.95. The minimum atomic E-state index is -3.39. The Morgan fingerprint density at radius 1 is 0.947 bits per heavy atom. The molecule has 2 aromatic heterocycles. The lowest BCUT2D eigenvalue weighted by atomic mass is 9.96. The first-order valence-electron chi connectivity index (χ1n) is 12.4. The summed E-state index contributed by atoms with van der Waals surface area (Å²) >= 11 is 5.90. The first kappa shape index (κ1) is 25.9. The topological polar surface area (TPSA) is 79.3 Å². The van der Waals surface area contributed by atoms with Crippen LogP contribution in [0.4, 0.5) is 11.4 Å². The molecule has 4 aromatic rings. The number of nitrogens with one attached hydrogen (secondary N) is 2. The Kier molecular flexibility index (Phi) is 6.75. The highest BCUT2D eigenvalue weighted by molar-refractivity contribution is 7.92. The maximum Gasteiger partial charge on any atom is 0.229 e. The Hall–Kier alpha value is -3.69. The molecule has 2 atom stereocenters. The molecule has 196 valence electrons. The van der Waals surface area contributed by atoms with Crippen molar-refractivity contribution in [2.45, 2.75) is 39.8 Å². The summed E-state index contributed by atoms with van der Waals surface area (Å²) in [6, 6.07) is 21.9. The van der Waals surface area contributed by atoms with Crippen molar-refractivity contribution in [3.8, 4) is 5.69 Å². The zero-order valence-corrected chi connectivity index (χ0v) is 23.7. The molecule has 1 aliphatic heterocycles. The Bertz CT molecular complexity index is 1630. The zero-order chi connectivity index (χ0) is 27.2. The minimum Gasteiger partial charge on any atom is -0.351 e. The molecule has 0 bridgehead atoms. The highest BCUT2D eigenvalue weighted by Gasteiger charge is 2.42. The van der Waals surface area contributed by atoms with Gasteiger partial charge in [0.1, 0.15) is 0 Å². The van der Waals surface area contributed by atoms with Crippen LogP contribution in [0.1, 0.15) is 45.9 Å². The fourth-order valence-electron chi connectivity index (χ4n) is 5.31. The van der Waals surface area contributed by atoms with Gasteiger partial charge in [-0.2, -0.15) is 0 Å². The molecule has 1 aliphatic rings. The van der Waals surface area contributed by atoms with Gasteiger partial charge in [-0.15, -0.1) is 0 Å². The molecule has 0 saturated carbocycles. The van der Waals surface area contributed by atoms with Gasteiger partial charge in [0.25, 0.3) is 0 Å². The Morgan fingerprint density at radius 3 is 2.39 bits per heavy atom. The average molecular weight is 546 g/mol. The molecule has 0 amide bonds. The van der Waals surface area contributed by atoms with Crippen LogP contribution in [0, 0.1) is 27.7 Å². The normalized spacial score (nSPS) is 17.5. The molecule has 0 unspecified atom stereocenters. The van der Waals surface area contributed by atoms with Crippen molar-refractivity contribution < 1.29 is 8.42 Å². The van der Waals surface area contributed by atoms with Crippen molar-refractivity contribution in [2.75, 3.05) is 15.9 Å². The van der Waals surface area contributed by atoms with Crippen molar-refractivity contribution in [2.24, 2.45) is 0 Å². The summed E-state index contributed by atoms with van der Waals surface area (Å²) in [5.74, 6) is 0. The van der Waals surface area contributed by atoms with E-state index < -0.39 is 10.0 Å².